The summed E-state index contributed by atoms with van der Waals surface area (Å²) >= 11 is 1.68. The molecule has 1 aromatic heterocycles. The van der Waals surface area contributed by atoms with Crippen LogP contribution in [0.25, 0.3) is 12.2 Å². The minimum atomic E-state index is 0.951. The number of hydrogen-bond donors (Lipinski definition) is 0. The highest BCUT2D eigenvalue weighted by Gasteiger charge is 2.04. The van der Waals surface area contributed by atoms with Gasteiger partial charge in [0.15, 0.2) is 0 Å². The molecule has 1 heterocycles. The summed E-state index contributed by atoms with van der Waals surface area (Å²) in [5.41, 5.74) is 4.53. The van der Waals surface area contributed by atoms with Crippen molar-refractivity contribution >= 4 is 23.5 Å². The van der Waals surface area contributed by atoms with E-state index in [9.17, 15) is 0 Å². The van der Waals surface area contributed by atoms with Crippen molar-refractivity contribution in [2.45, 2.75) is 27.7 Å². The summed E-state index contributed by atoms with van der Waals surface area (Å²) in [5.74, 6) is 0. The number of allylic oxidation sites excluding steroid dienone is 6. The summed E-state index contributed by atoms with van der Waals surface area (Å²) in [4.78, 5) is 5.59. The molecule has 1 nitrogen and oxygen atoms in total. The quantitative estimate of drug-likeness (QED) is 0.637. The number of nitrogens with zero attached hydrogens (tertiary/aromatic N) is 1. The summed E-state index contributed by atoms with van der Waals surface area (Å²) in [6.07, 6.45) is 10.0. The number of rotatable bonds is 5. The van der Waals surface area contributed by atoms with Crippen LogP contribution in [0.4, 0.5) is 0 Å². The van der Waals surface area contributed by atoms with Crippen molar-refractivity contribution in [2.75, 3.05) is 0 Å². The van der Waals surface area contributed by atoms with Gasteiger partial charge in [-0.15, -0.1) is 11.3 Å². The first-order chi connectivity index (χ1) is 8.97. The minimum absolute atomic E-state index is 0.951. The van der Waals surface area contributed by atoms with Crippen LogP contribution in [0.5, 0.6) is 0 Å². The van der Waals surface area contributed by atoms with Gasteiger partial charge in [-0.05, 0) is 51.0 Å². The third-order valence-corrected chi connectivity index (χ3v) is 3.53. The molecule has 0 aliphatic carbocycles. The number of thiazole rings is 1. The normalized spacial score (nSPS) is 12.2. The maximum absolute atomic E-state index is 4.44. The van der Waals surface area contributed by atoms with E-state index in [1.54, 1.807) is 17.4 Å². The molecule has 0 fully saturated rings. The summed E-state index contributed by atoms with van der Waals surface area (Å²) < 4.78 is 0. The van der Waals surface area contributed by atoms with Crippen LogP contribution >= 0.6 is 11.3 Å². The van der Waals surface area contributed by atoms with Crippen LogP contribution in [0, 0.1) is 6.92 Å². The molecule has 0 radical (unpaired) electrons. The molecule has 19 heavy (non-hydrogen) atoms. The smallest absolute Gasteiger partial charge is 0.0907 e. The van der Waals surface area contributed by atoms with E-state index < -0.39 is 0 Å². The first-order valence-electron chi connectivity index (χ1n) is 6.24. The van der Waals surface area contributed by atoms with Crippen molar-refractivity contribution in [1.82, 2.24) is 4.98 Å². The molecule has 0 amide bonds. The van der Waals surface area contributed by atoms with Crippen LogP contribution in [-0.2, 0) is 0 Å². The number of hydrogen-bond acceptors (Lipinski definition) is 2. The molecule has 0 aliphatic heterocycles. The minimum Gasteiger partial charge on any atom is -0.242 e. The van der Waals surface area contributed by atoms with Gasteiger partial charge in [0.05, 0.1) is 15.6 Å². The summed E-state index contributed by atoms with van der Waals surface area (Å²) in [6, 6.07) is 0. The van der Waals surface area contributed by atoms with Crippen LogP contribution in [0.2, 0.25) is 0 Å². The lowest BCUT2D eigenvalue weighted by Crippen LogP contribution is -1.82. The van der Waals surface area contributed by atoms with E-state index in [0.29, 0.717) is 0 Å². The zero-order chi connectivity index (χ0) is 14.4. The molecule has 2 heteroatoms. The van der Waals surface area contributed by atoms with Crippen molar-refractivity contribution in [3.8, 4) is 0 Å². The van der Waals surface area contributed by atoms with Crippen LogP contribution in [-0.4, -0.2) is 4.98 Å². The Hall–Kier alpha value is -1.67. The van der Waals surface area contributed by atoms with Crippen molar-refractivity contribution in [1.29, 1.82) is 0 Å². The second-order valence-corrected chi connectivity index (χ2v) is 5.82. The Balaban J connectivity index is 3.15. The van der Waals surface area contributed by atoms with Crippen molar-refractivity contribution in [3.63, 3.8) is 0 Å². The predicted octanol–water partition coefficient (Wildman–Crippen LogP) is 5.58. The topological polar surface area (TPSA) is 12.9 Å². The van der Waals surface area contributed by atoms with Crippen LogP contribution in [0.1, 0.15) is 36.3 Å². The molecule has 100 valence electrons. The summed E-state index contributed by atoms with van der Waals surface area (Å²) in [6.45, 7) is 16.0. The fraction of sp³-hybridized carbons (Fsp3) is 0.235. The van der Waals surface area contributed by atoms with Crippen LogP contribution in [0.3, 0.4) is 0 Å². The van der Waals surface area contributed by atoms with Crippen LogP contribution < -0.4 is 0 Å². The third kappa shape index (κ3) is 4.49. The lowest BCUT2D eigenvalue weighted by molar-refractivity contribution is 1.27. The van der Waals surface area contributed by atoms with Crippen molar-refractivity contribution in [3.05, 3.63) is 63.7 Å². The van der Waals surface area contributed by atoms with E-state index in [0.717, 1.165) is 21.2 Å². The second-order valence-electron chi connectivity index (χ2n) is 4.58. The van der Waals surface area contributed by atoms with Crippen molar-refractivity contribution in [2.24, 2.45) is 0 Å². The number of aryl methyl sites for hydroxylation is 1. The molecule has 0 bridgehead atoms. The van der Waals surface area contributed by atoms with Crippen molar-refractivity contribution < 1.29 is 0 Å². The molecule has 0 atom stereocenters. The lowest BCUT2D eigenvalue weighted by Gasteiger charge is -2.01. The molecule has 1 rings (SSSR count). The van der Waals surface area contributed by atoms with Gasteiger partial charge in [0.25, 0.3) is 0 Å². The SMILES string of the molecule is C=CC(=C\C=C(C)C)/C(C)=C/c1sc(C)nc1C=C. The summed E-state index contributed by atoms with van der Waals surface area (Å²) in [7, 11) is 0. The highest BCUT2D eigenvalue weighted by molar-refractivity contribution is 7.12. The van der Waals surface area contributed by atoms with Gasteiger partial charge in [-0.1, -0.05) is 37.0 Å². The van der Waals surface area contributed by atoms with E-state index in [2.05, 4.69) is 57.1 Å². The van der Waals surface area contributed by atoms with Gasteiger partial charge in [0, 0.05) is 0 Å². The average Bonchev–Trinajstić information content (AvgIpc) is 2.69. The maximum Gasteiger partial charge on any atom is 0.0907 e. The highest BCUT2D eigenvalue weighted by Crippen LogP contribution is 2.24. The molecule has 0 spiro atoms. The maximum atomic E-state index is 4.44. The van der Waals surface area contributed by atoms with E-state index in [1.165, 1.54) is 11.1 Å². The largest absolute Gasteiger partial charge is 0.242 e. The Bertz CT molecular complexity index is 564. The van der Waals surface area contributed by atoms with Gasteiger partial charge in [-0.3, -0.25) is 0 Å². The molecule has 0 aromatic carbocycles. The molecule has 0 N–H and O–H groups in total. The predicted molar refractivity (Wildman–Crippen MR) is 88.3 cm³/mol. The standard InChI is InChI=1S/C17H21NS/c1-7-15(10-9-12(3)4)13(5)11-17-16(8-2)18-14(6)19-17/h7-11H,1-2H2,3-6H3/b13-11+,15-10+. The Morgan fingerprint density at radius 3 is 2.37 bits per heavy atom. The molecular weight excluding hydrogens is 250 g/mol. The highest BCUT2D eigenvalue weighted by atomic mass is 32.1. The van der Waals surface area contributed by atoms with Gasteiger partial charge in [-0.2, -0.15) is 0 Å². The van der Waals surface area contributed by atoms with E-state index in [1.807, 2.05) is 13.0 Å². The van der Waals surface area contributed by atoms with E-state index in [-0.39, 0.29) is 0 Å². The zero-order valence-electron chi connectivity index (χ0n) is 12.2. The fourth-order valence-electron chi connectivity index (χ4n) is 1.61. The Kier molecular flexibility index (Phi) is 5.71. The Morgan fingerprint density at radius 2 is 1.84 bits per heavy atom. The number of aromatic nitrogens is 1. The van der Waals surface area contributed by atoms with Gasteiger partial charge >= 0.3 is 0 Å². The second kappa shape index (κ2) is 7.05. The van der Waals surface area contributed by atoms with E-state index in [4.69, 9.17) is 0 Å². The molecule has 0 saturated heterocycles. The third-order valence-electron chi connectivity index (χ3n) is 2.60. The molecular formula is C17H21NS. The molecule has 0 saturated carbocycles. The Morgan fingerprint density at radius 1 is 1.16 bits per heavy atom. The van der Waals surface area contributed by atoms with Crippen LogP contribution in [0.15, 0.2) is 48.1 Å². The fourth-order valence-corrected chi connectivity index (χ4v) is 2.54. The molecule has 0 unspecified atom stereocenters. The average molecular weight is 271 g/mol. The molecule has 1 aromatic rings. The van der Waals surface area contributed by atoms with Gasteiger partial charge < -0.3 is 0 Å². The zero-order valence-corrected chi connectivity index (χ0v) is 13.0. The summed E-state index contributed by atoms with van der Waals surface area (Å²) in [5, 5.41) is 1.06. The van der Waals surface area contributed by atoms with Gasteiger partial charge in [0.1, 0.15) is 0 Å². The van der Waals surface area contributed by atoms with Gasteiger partial charge in [0.2, 0.25) is 0 Å². The monoisotopic (exact) mass is 271 g/mol. The first kappa shape index (κ1) is 15.4. The molecule has 0 aliphatic rings. The first-order valence-corrected chi connectivity index (χ1v) is 7.05. The van der Waals surface area contributed by atoms with Gasteiger partial charge in [-0.25, -0.2) is 4.98 Å². The van der Waals surface area contributed by atoms with E-state index >= 15 is 0 Å². The lowest BCUT2D eigenvalue weighted by atomic mass is 10.1. The Labute approximate surface area is 120 Å².